The smallest absolute Gasteiger partial charge is 0.100 e. The van der Waals surface area contributed by atoms with Crippen molar-refractivity contribution in [2.24, 2.45) is 5.92 Å². The van der Waals surface area contributed by atoms with Gasteiger partial charge in [-0.05, 0) is 18.8 Å². The van der Waals surface area contributed by atoms with E-state index >= 15 is 0 Å². The van der Waals surface area contributed by atoms with Crippen molar-refractivity contribution in [1.82, 2.24) is 0 Å². The number of rotatable bonds is 0. The van der Waals surface area contributed by atoms with Crippen LogP contribution in [0, 0.1) is 5.92 Å². The minimum absolute atomic E-state index is 0.207. The highest BCUT2D eigenvalue weighted by Crippen LogP contribution is 2.20. The van der Waals surface area contributed by atoms with Gasteiger partial charge in [-0.15, -0.1) is 12.6 Å². The summed E-state index contributed by atoms with van der Waals surface area (Å²) in [4.78, 5) is 0. The minimum Gasteiger partial charge on any atom is -0.368 e. The number of hydrogen-bond donors (Lipinski definition) is 1. The number of hydrogen-bond acceptors (Lipinski definition) is 2. The van der Waals surface area contributed by atoms with Gasteiger partial charge in [0.1, 0.15) is 5.44 Å². The minimum atomic E-state index is 0.207. The molecule has 0 aromatic carbocycles. The van der Waals surface area contributed by atoms with Crippen molar-refractivity contribution < 1.29 is 4.74 Å². The molecular weight excluding hydrogens is 120 g/mol. The molecular formula is C6H12OS. The fraction of sp³-hybridized carbons (Fsp3) is 1.00. The largest absolute Gasteiger partial charge is 0.368 e. The Labute approximate surface area is 55.8 Å². The molecule has 0 spiro atoms. The molecule has 1 fully saturated rings. The first-order chi connectivity index (χ1) is 3.79. The van der Waals surface area contributed by atoms with Gasteiger partial charge in [0.2, 0.25) is 0 Å². The molecule has 2 atom stereocenters. The Hall–Kier alpha value is 0.310. The maximum Gasteiger partial charge on any atom is 0.100 e. The molecule has 2 heteroatoms. The molecule has 1 saturated heterocycles. The molecule has 0 aromatic rings. The van der Waals surface area contributed by atoms with E-state index in [4.69, 9.17) is 4.74 Å². The summed E-state index contributed by atoms with van der Waals surface area (Å²) in [6.07, 6.45) is 2.32. The van der Waals surface area contributed by atoms with Crippen LogP contribution < -0.4 is 0 Å². The van der Waals surface area contributed by atoms with Crippen LogP contribution in [0.3, 0.4) is 0 Å². The van der Waals surface area contributed by atoms with E-state index in [9.17, 15) is 0 Å². The van der Waals surface area contributed by atoms with E-state index in [1.165, 1.54) is 6.42 Å². The van der Waals surface area contributed by atoms with E-state index < -0.39 is 0 Å². The van der Waals surface area contributed by atoms with Crippen LogP contribution >= 0.6 is 12.6 Å². The van der Waals surface area contributed by atoms with E-state index in [2.05, 4.69) is 19.6 Å². The standard InChI is InChI=1S/C6H12OS/c1-5-2-3-7-6(8)4-5/h5-6,8H,2-4H2,1H3. The molecule has 0 aromatic heterocycles. The monoisotopic (exact) mass is 132 g/mol. The maximum atomic E-state index is 5.21. The molecule has 1 aliphatic rings. The molecule has 1 heterocycles. The molecule has 0 saturated carbocycles. The number of ether oxygens (including phenoxy) is 1. The fourth-order valence-electron chi connectivity index (χ4n) is 0.935. The first-order valence-corrected chi connectivity index (χ1v) is 3.60. The average Bonchev–Trinajstić information content (AvgIpc) is 1.64. The van der Waals surface area contributed by atoms with Gasteiger partial charge in [-0.2, -0.15) is 0 Å². The lowest BCUT2D eigenvalue weighted by atomic mass is 10.0. The molecule has 1 rings (SSSR count). The highest BCUT2D eigenvalue weighted by atomic mass is 32.1. The predicted molar refractivity (Wildman–Crippen MR) is 37.1 cm³/mol. The van der Waals surface area contributed by atoms with Gasteiger partial charge in [0, 0.05) is 6.61 Å². The quantitative estimate of drug-likeness (QED) is 0.493. The average molecular weight is 132 g/mol. The van der Waals surface area contributed by atoms with E-state index in [0.717, 1.165) is 18.9 Å². The lowest BCUT2D eigenvalue weighted by Gasteiger charge is -2.22. The zero-order valence-corrected chi connectivity index (χ0v) is 6.03. The second-order valence-electron chi connectivity index (χ2n) is 2.45. The van der Waals surface area contributed by atoms with Gasteiger partial charge in [0.15, 0.2) is 0 Å². The summed E-state index contributed by atoms with van der Waals surface area (Å²) in [5.74, 6) is 0.811. The van der Waals surface area contributed by atoms with E-state index in [0.29, 0.717) is 0 Å². The zero-order valence-electron chi connectivity index (χ0n) is 5.13. The third-order valence-corrected chi connectivity index (χ3v) is 1.88. The molecule has 0 radical (unpaired) electrons. The van der Waals surface area contributed by atoms with Crippen LogP contribution in [-0.4, -0.2) is 12.0 Å². The van der Waals surface area contributed by atoms with Gasteiger partial charge in [0.25, 0.3) is 0 Å². The lowest BCUT2D eigenvalue weighted by Crippen LogP contribution is -2.19. The SMILES string of the molecule is CC1CCOC(S)C1. The Bertz CT molecular complexity index is 66.9. The van der Waals surface area contributed by atoms with Crippen molar-refractivity contribution in [2.45, 2.75) is 25.2 Å². The molecule has 0 aliphatic carbocycles. The van der Waals surface area contributed by atoms with Crippen molar-refractivity contribution >= 4 is 12.6 Å². The highest BCUT2D eigenvalue weighted by Gasteiger charge is 2.14. The fourth-order valence-corrected chi connectivity index (χ4v) is 1.40. The topological polar surface area (TPSA) is 9.23 Å². The third kappa shape index (κ3) is 1.67. The van der Waals surface area contributed by atoms with Crippen LogP contribution in [0.15, 0.2) is 0 Å². The summed E-state index contributed by atoms with van der Waals surface area (Å²) >= 11 is 4.20. The van der Waals surface area contributed by atoms with E-state index in [1.54, 1.807) is 0 Å². The van der Waals surface area contributed by atoms with Crippen molar-refractivity contribution in [3.63, 3.8) is 0 Å². The van der Waals surface area contributed by atoms with Gasteiger partial charge >= 0.3 is 0 Å². The highest BCUT2D eigenvalue weighted by molar-refractivity contribution is 7.80. The normalized spacial score (nSPS) is 39.8. The Kier molecular flexibility index (Phi) is 2.20. The Morgan fingerprint density at radius 3 is 2.75 bits per heavy atom. The van der Waals surface area contributed by atoms with Gasteiger partial charge < -0.3 is 4.74 Å². The van der Waals surface area contributed by atoms with Crippen LogP contribution in [0.2, 0.25) is 0 Å². The molecule has 48 valence electrons. The van der Waals surface area contributed by atoms with Crippen molar-refractivity contribution in [3.05, 3.63) is 0 Å². The Morgan fingerprint density at radius 2 is 2.38 bits per heavy atom. The second-order valence-corrected chi connectivity index (χ2v) is 3.03. The van der Waals surface area contributed by atoms with Crippen molar-refractivity contribution in [3.8, 4) is 0 Å². The van der Waals surface area contributed by atoms with Crippen LogP contribution in [0.1, 0.15) is 19.8 Å². The molecule has 0 bridgehead atoms. The Morgan fingerprint density at radius 1 is 1.62 bits per heavy atom. The maximum absolute atomic E-state index is 5.21. The predicted octanol–water partition coefficient (Wildman–Crippen LogP) is 1.69. The molecule has 2 unspecified atom stereocenters. The first kappa shape index (κ1) is 6.43. The summed E-state index contributed by atoms with van der Waals surface area (Å²) < 4.78 is 5.21. The summed E-state index contributed by atoms with van der Waals surface area (Å²) in [6, 6.07) is 0. The molecule has 0 amide bonds. The molecule has 8 heavy (non-hydrogen) atoms. The van der Waals surface area contributed by atoms with Gasteiger partial charge in [-0.3, -0.25) is 0 Å². The van der Waals surface area contributed by atoms with Crippen LogP contribution in [0.25, 0.3) is 0 Å². The van der Waals surface area contributed by atoms with Crippen LogP contribution in [-0.2, 0) is 4.74 Å². The van der Waals surface area contributed by atoms with Gasteiger partial charge in [-0.25, -0.2) is 0 Å². The van der Waals surface area contributed by atoms with Crippen molar-refractivity contribution in [1.29, 1.82) is 0 Å². The third-order valence-electron chi connectivity index (χ3n) is 1.52. The number of thiol groups is 1. The molecule has 0 N–H and O–H groups in total. The van der Waals surface area contributed by atoms with Gasteiger partial charge in [0.05, 0.1) is 0 Å². The summed E-state index contributed by atoms with van der Waals surface area (Å²) in [7, 11) is 0. The second kappa shape index (κ2) is 2.74. The first-order valence-electron chi connectivity index (χ1n) is 3.08. The summed E-state index contributed by atoms with van der Waals surface area (Å²) in [6.45, 7) is 3.14. The zero-order chi connectivity index (χ0) is 5.98. The van der Waals surface area contributed by atoms with Crippen molar-refractivity contribution in [2.75, 3.05) is 6.61 Å². The summed E-state index contributed by atoms with van der Waals surface area (Å²) in [5, 5.41) is 0. The van der Waals surface area contributed by atoms with Crippen LogP contribution in [0.4, 0.5) is 0 Å². The van der Waals surface area contributed by atoms with Gasteiger partial charge in [-0.1, -0.05) is 6.92 Å². The Balaban J connectivity index is 2.23. The lowest BCUT2D eigenvalue weighted by molar-refractivity contribution is 0.0500. The van der Waals surface area contributed by atoms with E-state index in [1.807, 2.05) is 0 Å². The molecule has 1 aliphatic heterocycles. The summed E-state index contributed by atoms with van der Waals surface area (Å²) in [5.41, 5.74) is 0.207. The molecule has 1 nitrogen and oxygen atoms in total. The van der Waals surface area contributed by atoms with Crippen LogP contribution in [0.5, 0.6) is 0 Å². The van der Waals surface area contributed by atoms with E-state index in [-0.39, 0.29) is 5.44 Å².